The number of carbonyl (C=O) groups is 2. The third kappa shape index (κ3) is 4.86. The molecular weight excluding hydrogens is 232 g/mol. The van der Waals surface area contributed by atoms with Crippen LogP contribution in [0.5, 0.6) is 5.75 Å². The van der Waals surface area contributed by atoms with Crippen molar-refractivity contribution >= 4 is 11.8 Å². The molecule has 1 aromatic carbocycles. The molecule has 18 heavy (non-hydrogen) atoms. The fourth-order valence-electron chi connectivity index (χ4n) is 1.29. The average molecular weight is 250 g/mol. The molecule has 0 heterocycles. The topological polar surface area (TPSA) is 67.4 Å². The van der Waals surface area contributed by atoms with E-state index in [1.54, 1.807) is 0 Å². The molecule has 0 spiro atoms. The van der Waals surface area contributed by atoms with Crippen molar-refractivity contribution in [1.82, 2.24) is 10.9 Å². The number of ether oxygens (including phenoxy) is 1. The molecule has 98 valence electrons. The largest absolute Gasteiger partial charge is 0.484 e. The van der Waals surface area contributed by atoms with Crippen molar-refractivity contribution in [3.63, 3.8) is 0 Å². The zero-order valence-electron chi connectivity index (χ0n) is 10.8. The van der Waals surface area contributed by atoms with Gasteiger partial charge < -0.3 is 4.74 Å². The van der Waals surface area contributed by atoms with E-state index in [2.05, 4.69) is 24.7 Å². The molecular formula is C13H18N2O3. The van der Waals surface area contributed by atoms with Crippen molar-refractivity contribution in [2.24, 2.45) is 0 Å². The van der Waals surface area contributed by atoms with Crippen LogP contribution in [0.1, 0.15) is 32.3 Å². The Morgan fingerprint density at radius 1 is 1.17 bits per heavy atom. The van der Waals surface area contributed by atoms with E-state index < -0.39 is 5.91 Å². The van der Waals surface area contributed by atoms with Crippen molar-refractivity contribution in [2.45, 2.75) is 26.7 Å². The first kappa shape index (κ1) is 14.0. The summed E-state index contributed by atoms with van der Waals surface area (Å²) in [5.41, 5.74) is 5.62. The summed E-state index contributed by atoms with van der Waals surface area (Å²) in [5.74, 6) is 0.349. The Morgan fingerprint density at radius 2 is 1.78 bits per heavy atom. The number of rotatable bonds is 4. The summed E-state index contributed by atoms with van der Waals surface area (Å²) in [6, 6.07) is 7.57. The first-order valence-electron chi connectivity index (χ1n) is 5.77. The van der Waals surface area contributed by atoms with Crippen LogP contribution in [-0.4, -0.2) is 18.4 Å². The molecule has 2 N–H and O–H groups in total. The standard InChI is InChI=1S/C13H18N2O3/c1-9(2)11-4-6-12(7-5-11)18-8-13(17)15-14-10(3)16/h4-7,9H,8H2,1-3H3,(H,14,16)(H,15,17). The molecule has 0 aromatic heterocycles. The molecule has 2 amide bonds. The van der Waals surface area contributed by atoms with Gasteiger partial charge in [-0.3, -0.25) is 20.4 Å². The normalized spacial score (nSPS) is 10.0. The van der Waals surface area contributed by atoms with Gasteiger partial charge in [-0.2, -0.15) is 0 Å². The van der Waals surface area contributed by atoms with Gasteiger partial charge in [-0.25, -0.2) is 0 Å². The molecule has 0 atom stereocenters. The average Bonchev–Trinajstić information content (AvgIpc) is 2.34. The highest BCUT2D eigenvalue weighted by molar-refractivity contribution is 5.81. The van der Waals surface area contributed by atoms with Crippen LogP contribution in [0, 0.1) is 0 Å². The molecule has 0 aliphatic heterocycles. The number of hydrogen-bond donors (Lipinski definition) is 2. The van der Waals surface area contributed by atoms with Crippen LogP contribution < -0.4 is 15.6 Å². The number of nitrogens with one attached hydrogen (secondary N) is 2. The minimum Gasteiger partial charge on any atom is -0.484 e. The lowest BCUT2D eigenvalue weighted by atomic mass is 10.0. The van der Waals surface area contributed by atoms with E-state index in [4.69, 9.17) is 4.74 Å². The molecule has 1 rings (SSSR count). The summed E-state index contributed by atoms with van der Waals surface area (Å²) in [5, 5.41) is 0. The van der Waals surface area contributed by atoms with Crippen molar-refractivity contribution in [1.29, 1.82) is 0 Å². The fraction of sp³-hybridized carbons (Fsp3) is 0.385. The Labute approximate surface area is 106 Å². The van der Waals surface area contributed by atoms with Gasteiger partial charge in [0.1, 0.15) is 5.75 Å². The van der Waals surface area contributed by atoms with Gasteiger partial charge in [0, 0.05) is 6.92 Å². The molecule has 0 saturated heterocycles. The van der Waals surface area contributed by atoms with E-state index in [1.807, 2.05) is 24.3 Å². The highest BCUT2D eigenvalue weighted by atomic mass is 16.5. The van der Waals surface area contributed by atoms with Crippen LogP contribution in [0.25, 0.3) is 0 Å². The zero-order valence-corrected chi connectivity index (χ0v) is 10.8. The van der Waals surface area contributed by atoms with Crippen LogP contribution >= 0.6 is 0 Å². The van der Waals surface area contributed by atoms with Crippen LogP contribution in [0.4, 0.5) is 0 Å². The van der Waals surface area contributed by atoms with E-state index >= 15 is 0 Å². The van der Waals surface area contributed by atoms with E-state index in [-0.39, 0.29) is 12.5 Å². The summed E-state index contributed by atoms with van der Waals surface area (Å²) < 4.78 is 5.27. The molecule has 0 radical (unpaired) electrons. The summed E-state index contributed by atoms with van der Waals surface area (Å²) in [6.45, 7) is 5.39. The maximum absolute atomic E-state index is 11.2. The van der Waals surface area contributed by atoms with E-state index in [9.17, 15) is 9.59 Å². The fourth-order valence-corrected chi connectivity index (χ4v) is 1.29. The summed E-state index contributed by atoms with van der Waals surface area (Å²) in [6.07, 6.45) is 0. The molecule has 0 unspecified atom stereocenters. The van der Waals surface area contributed by atoms with Gasteiger partial charge in [0.25, 0.3) is 5.91 Å². The number of hydrogen-bond acceptors (Lipinski definition) is 3. The van der Waals surface area contributed by atoms with E-state index in [1.165, 1.54) is 12.5 Å². The van der Waals surface area contributed by atoms with Crippen molar-refractivity contribution in [3.8, 4) is 5.75 Å². The molecule has 0 aliphatic carbocycles. The van der Waals surface area contributed by atoms with Crippen LogP contribution in [0.3, 0.4) is 0 Å². The van der Waals surface area contributed by atoms with Gasteiger partial charge in [0.2, 0.25) is 5.91 Å². The molecule has 0 saturated carbocycles. The lowest BCUT2D eigenvalue weighted by Gasteiger charge is -2.09. The smallest absolute Gasteiger partial charge is 0.276 e. The van der Waals surface area contributed by atoms with Gasteiger partial charge in [0.05, 0.1) is 0 Å². The minimum absolute atomic E-state index is 0.138. The van der Waals surface area contributed by atoms with Crippen LogP contribution in [-0.2, 0) is 9.59 Å². The molecule has 0 aliphatic rings. The highest BCUT2D eigenvalue weighted by Crippen LogP contribution is 2.18. The Bertz CT molecular complexity index is 413. The van der Waals surface area contributed by atoms with Gasteiger partial charge in [-0.05, 0) is 23.6 Å². The second-order valence-corrected chi connectivity index (χ2v) is 4.24. The number of hydrazine groups is 1. The molecule has 1 aromatic rings. The van der Waals surface area contributed by atoms with E-state index in [0.717, 1.165) is 0 Å². The first-order valence-corrected chi connectivity index (χ1v) is 5.77. The maximum Gasteiger partial charge on any atom is 0.276 e. The Kier molecular flexibility index (Phi) is 5.17. The molecule has 0 fully saturated rings. The highest BCUT2D eigenvalue weighted by Gasteiger charge is 2.03. The third-order valence-corrected chi connectivity index (χ3v) is 2.29. The van der Waals surface area contributed by atoms with Crippen LogP contribution in [0.15, 0.2) is 24.3 Å². The number of amides is 2. The quantitative estimate of drug-likeness (QED) is 0.793. The summed E-state index contributed by atoms with van der Waals surface area (Å²) in [4.78, 5) is 21.8. The number of benzene rings is 1. The second-order valence-electron chi connectivity index (χ2n) is 4.24. The SMILES string of the molecule is CC(=O)NNC(=O)COc1ccc(C(C)C)cc1. The Hall–Kier alpha value is -2.04. The summed E-state index contributed by atoms with van der Waals surface area (Å²) >= 11 is 0. The van der Waals surface area contributed by atoms with Crippen molar-refractivity contribution in [2.75, 3.05) is 6.61 Å². The second kappa shape index (κ2) is 6.64. The van der Waals surface area contributed by atoms with E-state index in [0.29, 0.717) is 11.7 Å². The summed E-state index contributed by atoms with van der Waals surface area (Å²) in [7, 11) is 0. The van der Waals surface area contributed by atoms with Crippen molar-refractivity contribution < 1.29 is 14.3 Å². The monoisotopic (exact) mass is 250 g/mol. The van der Waals surface area contributed by atoms with Crippen LogP contribution in [0.2, 0.25) is 0 Å². The van der Waals surface area contributed by atoms with Gasteiger partial charge >= 0.3 is 0 Å². The van der Waals surface area contributed by atoms with Gasteiger partial charge in [0.15, 0.2) is 6.61 Å². The lowest BCUT2D eigenvalue weighted by molar-refractivity contribution is -0.129. The predicted molar refractivity (Wildman–Crippen MR) is 68.0 cm³/mol. The maximum atomic E-state index is 11.2. The lowest BCUT2D eigenvalue weighted by Crippen LogP contribution is -2.42. The van der Waals surface area contributed by atoms with Gasteiger partial charge in [-0.15, -0.1) is 0 Å². The first-order chi connectivity index (χ1) is 8.49. The molecule has 0 bridgehead atoms. The minimum atomic E-state index is -0.405. The Balaban J connectivity index is 2.39. The van der Waals surface area contributed by atoms with Gasteiger partial charge in [-0.1, -0.05) is 26.0 Å². The Morgan fingerprint density at radius 3 is 2.28 bits per heavy atom. The third-order valence-electron chi connectivity index (χ3n) is 2.29. The zero-order chi connectivity index (χ0) is 13.5. The van der Waals surface area contributed by atoms with Crippen molar-refractivity contribution in [3.05, 3.63) is 29.8 Å². The predicted octanol–water partition coefficient (Wildman–Crippen LogP) is 1.36. The molecule has 5 nitrogen and oxygen atoms in total. The number of carbonyl (C=O) groups excluding carboxylic acids is 2. The molecule has 5 heteroatoms.